The van der Waals surface area contributed by atoms with Crippen LogP contribution in [0.15, 0.2) is 45.9 Å². The van der Waals surface area contributed by atoms with Gasteiger partial charge in [-0.05, 0) is 42.7 Å². The van der Waals surface area contributed by atoms with Crippen molar-refractivity contribution in [3.8, 4) is 0 Å². The van der Waals surface area contributed by atoms with E-state index in [9.17, 15) is 22.4 Å². The molecule has 0 aliphatic carbocycles. The highest BCUT2D eigenvalue weighted by Crippen LogP contribution is 2.26. The molecule has 1 unspecified atom stereocenters. The molecular weight excluding hydrogens is 401 g/mol. The van der Waals surface area contributed by atoms with Crippen LogP contribution in [0.3, 0.4) is 0 Å². The Morgan fingerprint density at radius 3 is 2.48 bits per heavy atom. The van der Waals surface area contributed by atoms with E-state index in [4.69, 9.17) is 10.2 Å². The average molecular weight is 423 g/mol. The Morgan fingerprint density at radius 1 is 1.17 bits per heavy atom. The zero-order valence-electron chi connectivity index (χ0n) is 15.9. The molecule has 1 atom stereocenters. The lowest BCUT2D eigenvalue weighted by Gasteiger charge is -2.25. The fraction of sp³-hybridized carbons (Fsp3) is 0.368. The summed E-state index contributed by atoms with van der Waals surface area (Å²) in [7, 11) is -2.53. The van der Waals surface area contributed by atoms with E-state index >= 15 is 0 Å². The van der Waals surface area contributed by atoms with Gasteiger partial charge >= 0.3 is 0 Å². The van der Waals surface area contributed by atoms with Gasteiger partial charge in [-0.3, -0.25) is 9.59 Å². The Kier molecular flexibility index (Phi) is 6.04. The number of benzene rings is 1. The molecule has 3 rings (SSSR count). The number of nitrogens with two attached hydrogens (primary N) is 1. The van der Waals surface area contributed by atoms with E-state index < -0.39 is 33.7 Å². The van der Waals surface area contributed by atoms with E-state index in [-0.39, 0.29) is 16.4 Å². The highest BCUT2D eigenvalue weighted by Gasteiger charge is 2.32. The third-order valence-electron chi connectivity index (χ3n) is 4.84. The number of hydrogen-bond donors (Lipinski definition) is 1. The number of likely N-dealkylation sites (N-methyl/N-ethyl adjacent to an activating group) is 1. The van der Waals surface area contributed by atoms with Gasteiger partial charge in [-0.15, -0.1) is 0 Å². The van der Waals surface area contributed by atoms with Crippen molar-refractivity contribution in [2.45, 2.75) is 30.4 Å². The second-order valence-corrected chi connectivity index (χ2v) is 8.73. The molecule has 1 aliphatic heterocycles. The lowest BCUT2D eigenvalue weighted by Crippen LogP contribution is -2.39. The van der Waals surface area contributed by atoms with Gasteiger partial charge in [0.05, 0.1) is 0 Å². The van der Waals surface area contributed by atoms with Gasteiger partial charge in [0, 0.05) is 20.1 Å². The normalized spacial score (nSPS) is 16.3. The SMILES string of the molecule is CN(C(=O)c1ccc(S(=O)(=O)N2CCCCC2)o1)C(C(N)=O)c1cccc(F)c1. The highest BCUT2D eigenvalue weighted by molar-refractivity contribution is 7.89. The van der Waals surface area contributed by atoms with Crippen molar-refractivity contribution in [3.63, 3.8) is 0 Å². The minimum Gasteiger partial charge on any atom is -0.438 e. The molecule has 2 amide bonds. The van der Waals surface area contributed by atoms with Crippen LogP contribution < -0.4 is 5.73 Å². The fourth-order valence-electron chi connectivity index (χ4n) is 3.35. The van der Waals surface area contributed by atoms with Crippen LogP contribution in [0.5, 0.6) is 0 Å². The van der Waals surface area contributed by atoms with Crippen LogP contribution in [0.25, 0.3) is 0 Å². The first-order valence-electron chi connectivity index (χ1n) is 9.14. The number of carbonyl (C=O) groups excluding carboxylic acids is 2. The van der Waals surface area contributed by atoms with Crippen molar-refractivity contribution in [1.82, 2.24) is 9.21 Å². The summed E-state index contributed by atoms with van der Waals surface area (Å²) in [6, 6.07) is 6.38. The predicted octanol–water partition coefficient (Wildman–Crippen LogP) is 1.89. The molecule has 156 valence electrons. The smallest absolute Gasteiger partial charge is 0.290 e. The van der Waals surface area contributed by atoms with E-state index in [0.29, 0.717) is 13.1 Å². The number of hydrogen-bond acceptors (Lipinski definition) is 5. The summed E-state index contributed by atoms with van der Waals surface area (Å²) in [6.07, 6.45) is 2.50. The first-order chi connectivity index (χ1) is 13.7. The molecule has 1 aromatic heterocycles. The van der Waals surface area contributed by atoms with Crippen LogP contribution in [0, 0.1) is 5.82 Å². The third-order valence-corrected chi connectivity index (χ3v) is 6.62. The summed E-state index contributed by atoms with van der Waals surface area (Å²) in [5.74, 6) is -2.45. The first-order valence-corrected chi connectivity index (χ1v) is 10.6. The molecule has 0 spiro atoms. The third kappa shape index (κ3) is 4.33. The zero-order chi connectivity index (χ0) is 21.2. The van der Waals surface area contributed by atoms with Crippen LogP contribution in [-0.4, -0.2) is 49.6 Å². The van der Waals surface area contributed by atoms with E-state index in [2.05, 4.69) is 0 Å². The minimum atomic E-state index is -3.84. The van der Waals surface area contributed by atoms with Crippen LogP contribution in [0.4, 0.5) is 4.39 Å². The number of nitrogens with zero attached hydrogens (tertiary/aromatic N) is 2. The van der Waals surface area contributed by atoms with Gasteiger partial charge in [-0.25, -0.2) is 12.8 Å². The molecule has 29 heavy (non-hydrogen) atoms. The standard InChI is InChI=1S/C19H22FN3O5S/c1-22(17(18(21)24)13-6-5-7-14(20)12-13)19(25)15-8-9-16(28-15)29(26,27)23-10-3-2-4-11-23/h5-9,12,17H,2-4,10-11H2,1H3,(H2,21,24). The number of halogens is 1. The monoisotopic (exact) mass is 423 g/mol. The van der Waals surface area contributed by atoms with Crippen LogP contribution >= 0.6 is 0 Å². The molecule has 0 bridgehead atoms. The van der Waals surface area contributed by atoms with E-state index in [0.717, 1.165) is 30.2 Å². The Labute approximate surface area is 168 Å². The van der Waals surface area contributed by atoms with Crippen LogP contribution in [0.2, 0.25) is 0 Å². The molecule has 1 aromatic carbocycles. The number of carbonyl (C=O) groups is 2. The number of primary amides is 1. The van der Waals surface area contributed by atoms with Crippen LogP contribution in [-0.2, 0) is 14.8 Å². The molecule has 0 saturated carbocycles. The molecule has 2 aromatic rings. The lowest BCUT2D eigenvalue weighted by atomic mass is 10.0. The maximum Gasteiger partial charge on any atom is 0.290 e. The van der Waals surface area contributed by atoms with E-state index in [1.54, 1.807) is 0 Å². The van der Waals surface area contributed by atoms with Crippen molar-refractivity contribution in [3.05, 3.63) is 53.5 Å². The van der Waals surface area contributed by atoms with Gasteiger partial charge in [-0.1, -0.05) is 18.6 Å². The maximum absolute atomic E-state index is 13.5. The highest BCUT2D eigenvalue weighted by atomic mass is 32.2. The summed E-state index contributed by atoms with van der Waals surface area (Å²) in [4.78, 5) is 25.7. The summed E-state index contributed by atoms with van der Waals surface area (Å²) >= 11 is 0. The molecule has 2 heterocycles. The van der Waals surface area contributed by atoms with Crippen LogP contribution in [0.1, 0.15) is 41.4 Å². The molecule has 1 fully saturated rings. The topological polar surface area (TPSA) is 114 Å². The average Bonchev–Trinajstić information content (AvgIpc) is 3.19. The second-order valence-electron chi connectivity index (χ2n) is 6.86. The van der Waals surface area contributed by atoms with Crippen molar-refractivity contribution < 1.29 is 26.8 Å². The number of piperidine rings is 1. The number of sulfonamides is 1. The van der Waals surface area contributed by atoms with Crippen molar-refractivity contribution in [2.24, 2.45) is 5.73 Å². The Hall–Kier alpha value is -2.72. The number of rotatable bonds is 6. The van der Waals surface area contributed by atoms with E-state index in [1.165, 1.54) is 41.7 Å². The predicted molar refractivity (Wildman–Crippen MR) is 102 cm³/mol. The zero-order valence-corrected chi connectivity index (χ0v) is 16.7. The summed E-state index contributed by atoms with van der Waals surface area (Å²) in [6.45, 7) is 0.797. The molecule has 10 heteroatoms. The van der Waals surface area contributed by atoms with Crippen molar-refractivity contribution in [2.75, 3.05) is 20.1 Å². The summed E-state index contributed by atoms with van der Waals surface area (Å²) < 4.78 is 45.6. The van der Waals surface area contributed by atoms with Gasteiger partial charge in [0.25, 0.3) is 15.9 Å². The van der Waals surface area contributed by atoms with Gasteiger partial charge < -0.3 is 15.1 Å². The van der Waals surface area contributed by atoms with Gasteiger partial charge in [-0.2, -0.15) is 4.31 Å². The molecule has 2 N–H and O–H groups in total. The summed E-state index contributed by atoms with van der Waals surface area (Å²) in [5.41, 5.74) is 5.61. The Balaban J connectivity index is 1.85. The molecule has 1 saturated heterocycles. The fourth-order valence-corrected chi connectivity index (χ4v) is 4.78. The van der Waals surface area contributed by atoms with Gasteiger partial charge in [0.1, 0.15) is 11.9 Å². The second kappa shape index (κ2) is 8.34. The largest absolute Gasteiger partial charge is 0.438 e. The minimum absolute atomic E-state index is 0.195. The lowest BCUT2D eigenvalue weighted by molar-refractivity contribution is -0.122. The van der Waals surface area contributed by atoms with E-state index in [1.807, 2.05) is 0 Å². The first kappa shape index (κ1) is 21.0. The Bertz CT molecular complexity index is 1010. The van der Waals surface area contributed by atoms with Gasteiger partial charge in [0.15, 0.2) is 5.76 Å². The number of furan rings is 1. The molecule has 0 radical (unpaired) electrons. The molecular formula is C19H22FN3O5S. The van der Waals surface area contributed by atoms with Gasteiger partial charge in [0.2, 0.25) is 11.0 Å². The number of amides is 2. The Morgan fingerprint density at radius 2 is 1.86 bits per heavy atom. The van der Waals surface area contributed by atoms with Crippen molar-refractivity contribution >= 4 is 21.8 Å². The summed E-state index contributed by atoms with van der Waals surface area (Å²) in [5, 5.41) is -0.336. The maximum atomic E-state index is 13.5. The quantitative estimate of drug-likeness (QED) is 0.762. The van der Waals surface area contributed by atoms with Crippen molar-refractivity contribution in [1.29, 1.82) is 0 Å². The molecule has 1 aliphatic rings. The molecule has 8 nitrogen and oxygen atoms in total.